The van der Waals surface area contributed by atoms with Crippen LogP contribution in [0.5, 0.6) is 0 Å². The normalized spacial score (nSPS) is 12.7. The third-order valence-electron chi connectivity index (χ3n) is 2.66. The van der Waals surface area contributed by atoms with Gasteiger partial charge in [-0.3, -0.25) is 0 Å². The fraction of sp³-hybridized carbons (Fsp3) is 0.143. The largest absolute Gasteiger partial charge is 0.384 e. The van der Waals surface area contributed by atoms with Gasteiger partial charge < -0.3 is 5.11 Å². The summed E-state index contributed by atoms with van der Waals surface area (Å²) in [6.45, 7) is 5.64. The molecule has 0 bridgehead atoms. The molecule has 0 heterocycles. The number of aliphatic hydroxyl groups excluding tert-OH is 1. The van der Waals surface area contributed by atoms with Gasteiger partial charge in [0.15, 0.2) is 0 Å². The highest BCUT2D eigenvalue weighted by Gasteiger charge is 2.14. The molecule has 0 aromatic heterocycles. The third kappa shape index (κ3) is 1.91. The van der Waals surface area contributed by atoms with E-state index in [0.29, 0.717) is 0 Å². The molecule has 0 spiro atoms. The quantitative estimate of drug-likeness (QED) is 0.815. The molecule has 0 amide bonds. The van der Waals surface area contributed by atoms with Crippen molar-refractivity contribution in [2.45, 2.75) is 13.0 Å². The van der Waals surface area contributed by atoms with E-state index >= 15 is 0 Å². The van der Waals surface area contributed by atoms with Crippen molar-refractivity contribution in [3.63, 3.8) is 0 Å². The summed E-state index contributed by atoms with van der Waals surface area (Å²) < 4.78 is 0.918. The van der Waals surface area contributed by atoms with Crippen molar-refractivity contribution in [2.75, 3.05) is 0 Å². The molecule has 1 atom stereocenters. The Morgan fingerprint density at radius 1 is 1.25 bits per heavy atom. The van der Waals surface area contributed by atoms with Crippen LogP contribution in [0.4, 0.5) is 0 Å². The van der Waals surface area contributed by atoms with E-state index in [2.05, 4.69) is 22.5 Å². The highest BCUT2D eigenvalue weighted by molar-refractivity contribution is 9.10. The van der Waals surface area contributed by atoms with Gasteiger partial charge in [0.25, 0.3) is 0 Å². The molecule has 16 heavy (non-hydrogen) atoms. The van der Waals surface area contributed by atoms with Crippen molar-refractivity contribution in [3.05, 3.63) is 58.6 Å². The third-order valence-corrected chi connectivity index (χ3v) is 3.35. The number of aliphatic hydroxyl groups is 1. The number of benzene rings is 2. The van der Waals surface area contributed by atoms with Crippen LogP contribution in [0.1, 0.15) is 18.6 Å². The second kappa shape index (κ2) is 4.40. The van der Waals surface area contributed by atoms with Gasteiger partial charge in [-0.25, -0.2) is 0 Å². The Balaban J connectivity index is 2.75. The number of hydrogen-bond donors (Lipinski definition) is 1. The van der Waals surface area contributed by atoms with Gasteiger partial charge in [-0.15, -0.1) is 0 Å². The smallest absolute Gasteiger partial charge is 0.101 e. The molecular weight excluding hydrogens is 264 g/mol. The van der Waals surface area contributed by atoms with Crippen LogP contribution in [0.25, 0.3) is 10.8 Å². The highest BCUT2D eigenvalue weighted by Crippen LogP contribution is 2.34. The Bertz CT molecular complexity index is 545. The van der Waals surface area contributed by atoms with Gasteiger partial charge in [-0.2, -0.15) is 0 Å². The Morgan fingerprint density at radius 3 is 2.62 bits per heavy atom. The van der Waals surface area contributed by atoms with Crippen LogP contribution < -0.4 is 0 Å². The zero-order valence-electron chi connectivity index (χ0n) is 9.07. The topological polar surface area (TPSA) is 20.2 Å². The minimum atomic E-state index is -0.625. The fourth-order valence-corrected chi connectivity index (χ4v) is 2.36. The molecule has 0 saturated heterocycles. The molecule has 0 fully saturated rings. The van der Waals surface area contributed by atoms with Crippen molar-refractivity contribution in [2.24, 2.45) is 0 Å². The summed E-state index contributed by atoms with van der Waals surface area (Å²) in [6.07, 6.45) is -0.625. The molecule has 2 aromatic carbocycles. The van der Waals surface area contributed by atoms with Gasteiger partial charge in [0.1, 0.15) is 6.10 Å². The molecule has 2 rings (SSSR count). The predicted octanol–water partition coefficient (Wildman–Crippen LogP) is 4.21. The molecule has 82 valence electrons. The maximum Gasteiger partial charge on any atom is 0.101 e. The number of fused-ring (bicyclic) bond motifs is 1. The Morgan fingerprint density at radius 2 is 1.94 bits per heavy atom. The lowest BCUT2D eigenvalue weighted by Crippen LogP contribution is -2.00. The maximum absolute atomic E-state index is 10.1. The molecule has 0 saturated carbocycles. The molecule has 1 N–H and O–H groups in total. The van der Waals surface area contributed by atoms with E-state index in [1.54, 1.807) is 0 Å². The van der Waals surface area contributed by atoms with Gasteiger partial charge in [-0.1, -0.05) is 52.8 Å². The van der Waals surface area contributed by atoms with E-state index in [1.165, 1.54) is 0 Å². The van der Waals surface area contributed by atoms with E-state index in [0.717, 1.165) is 26.4 Å². The van der Waals surface area contributed by atoms with Crippen LogP contribution in [0.3, 0.4) is 0 Å². The van der Waals surface area contributed by atoms with E-state index < -0.39 is 6.10 Å². The summed E-state index contributed by atoms with van der Waals surface area (Å²) in [5.41, 5.74) is 1.64. The molecule has 1 unspecified atom stereocenters. The van der Waals surface area contributed by atoms with Crippen molar-refractivity contribution in [1.29, 1.82) is 0 Å². The standard InChI is InChI=1S/C14H13BrO/c1-9(2)14(16)13-11-6-4-3-5-10(11)7-8-12(13)15/h3-8,14,16H,1H2,2H3. The van der Waals surface area contributed by atoms with E-state index in [-0.39, 0.29) is 0 Å². The second-order valence-electron chi connectivity index (χ2n) is 3.93. The second-order valence-corrected chi connectivity index (χ2v) is 4.79. The molecule has 0 aliphatic carbocycles. The van der Waals surface area contributed by atoms with Gasteiger partial charge in [0.2, 0.25) is 0 Å². The fourth-order valence-electron chi connectivity index (χ4n) is 1.79. The highest BCUT2D eigenvalue weighted by atomic mass is 79.9. The van der Waals surface area contributed by atoms with Crippen LogP contribution in [-0.4, -0.2) is 5.11 Å². The van der Waals surface area contributed by atoms with E-state index in [4.69, 9.17) is 0 Å². The van der Waals surface area contributed by atoms with Crippen molar-refractivity contribution in [3.8, 4) is 0 Å². The van der Waals surface area contributed by atoms with Gasteiger partial charge in [0, 0.05) is 10.0 Å². The van der Waals surface area contributed by atoms with Gasteiger partial charge in [0.05, 0.1) is 0 Å². The van der Waals surface area contributed by atoms with Crippen LogP contribution in [0.2, 0.25) is 0 Å². The van der Waals surface area contributed by atoms with Crippen LogP contribution in [0, 0.1) is 0 Å². The van der Waals surface area contributed by atoms with Crippen LogP contribution >= 0.6 is 15.9 Å². The molecule has 2 heteroatoms. The summed E-state index contributed by atoms with van der Waals surface area (Å²) >= 11 is 3.49. The monoisotopic (exact) mass is 276 g/mol. The number of rotatable bonds is 2. The first-order valence-corrected chi connectivity index (χ1v) is 5.91. The number of halogens is 1. The minimum absolute atomic E-state index is 0.625. The SMILES string of the molecule is C=C(C)C(O)c1c(Br)ccc2ccccc12. The zero-order valence-corrected chi connectivity index (χ0v) is 10.7. The lowest BCUT2D eigenvalue weighted by Gasteiger charge is -2.15. The Hall–Kier alpha value is -1.12. The van der Waals surface area contributed by atoms with Crippen molar-refractivity contribution >= 4 is 26.7 Å². The van der Waals surface area contributed by atoms with Gasteiger partial charge in [-0.05, 0) is 29.3 Å². The molecular formula is C14H13BrO. The molecule has 2 aromatic rings. The van der Waals surface area contributed by atoms with E-state index in [1.807, 2.05) is 43.3 Å². The van der Waals surface area contributed by atoms with Gasteiger partial charge >= 0.3 is 0 Å². The first-order chi connectivity index (χ1) is 7.61. The lowest BCUT2D eigenvalue weighted by molar-refractivity contribution is 0.217. The Kier molecular flexibility index (Phi) is 3.13. The van der Waals surface area contributed by atoms with Crippen LogP contribution in [-0.2, 0) is 0 Å². The van der Waals surface area contributed by atoms with Crippen molar-refractivity contribution in [1.82, 2.24) is 0 Å². The Labute approximate surface area is 104 Å². The average molecular weight is 277 g/mol. The molecule has 0 radical (unpaired) electrons. The number of hydrogen-bond acceptors (Lipinski definition) is 1. The first kappa shape index (κ1) is 11.4. The lowest BCUT2D eigenvalue weighted by atomic mass is 9.97. The molecule has 0 aliphatic heterocycles. The summed E-state index contributed by atoms with van der Waals surface area (Å²) in [7, 11) is 0. The average Bonchev–Trinajstić information content (AvgIpc) is 2.28. The molecule has 0 aliphatic rings. The zero-order chi connectivity index (χ0) is 11.7. The minimum Gasteiger partial charge on any atom is -0.384 e. The summed E-state index contributed by atoms with van der Waals surface area (Å²) in [5, 5.41) is 12.3. The maximum atomic E-state index is 10.1. The van der Waals surface area contributed by atoms with Crippen LogP contribution in [0.15, 0.2) is 53.0 Å². The molecule has 1 nitrogen and oxygen atoms in total. The summed E-state index contributed by atoms with van der Waals surface area (Å²) in [4.78, 5) is 0. The first-order valence-electron chi connectivity index (χ1n) is 5.12. The van der Waals surface area contributed by atoms with E-state index in [9.17, 15) is 5.11 Å². The predicted molar refractivity (Wildman–Crippen MR) is 71.4 cm³/mol. The van der Waals surface area contributed by atoms with Crippen molar-refractivity contribution < 1.29 is 5.11 Å². The summed E-state index contributed by atoms with van der Waals surface area (Å²) in [5.74, 6) is 0. The summed E-state index contributed by atoms with van der Waals surface area (Å²) in [6, 6.07) is 12.0.